The van der Waals surface area contributed by atoms with E-state index in [9.17, 15) is 31.6 Å². The Morgan fingerprint density at radius 2 is 1.04 bits per heavy atom. The van der Waals surface area contributed by atoms with E-state index < -0.39 is 23.5 Å². The average molecular weight is 747 g/mol. The summed E-state index contributed by atoms with van der Waals surface area (Å²) in [5.74, 6) is 0. The molecule has 0 N–H and O–H groups in total. The molecule has 0 bridgehead atoms. The van der Waals surface area contributed by atoms with Crippen molar-refractivity contribution in [3.8, 4) is 51.0 Å². The van der Waals surface area contributed by atoms with Crippen LogP contribution in [0.5, 0.6) is 0 Å². The molecule has 2 heterocycles. The summed E-state index contributed by atoms with van der Waals surface area (Å²) in [5, 5.41) is 11.9. The third-order valence-corrected chi connectivity index (χ3v) is 9.34. The van der Waals surface area contributed by atoms with Crippen LogP contribution in [-0.2, 0) is 12.4 Å². The maximum absolute atomic E-state index is 14.1. The first kappa shape index (κ1) is 35.4. The predicted molar refractivity (Wildman–Crippen MR) is 201 cm³/mol. The number of halogens is 6. The van der Waals surface area contributed by atoms with Crippen molar-refractivity contribution >= 4 is 44.1 Å². The molecule has 0 atom stereocenters. The molecule has 0 saturated carbocycles. The summed E-state index contributed by atoms with van der Waals surface area (Å²) in [6, 6.07) is 31.6. The van der Waals surface area contributed by atoms with Crippen LogP contribution in [0.15, 0.2) is 121 Å². The molecule has 8 aromatic rings. The van der Waals surface area contributed by atoms with Crippen LogP contribution in [0.1, 0.15) is 16.7 Å². The molecule has 8 rings (SSSR count). The summed E-state index contributed by atoms with van der Waals surface area (Å²) in [5.41, 5.74) is 0.924. The van der Waals surface area contributed by atoms with Crippen molar-refractivity contribution in [2.45, 2.75) is 12.4 Å². The van der Waals surface area contributed by atoms with Gasteiger partial charge in [0.2, 0.25) is 0 Å². The van der Waals surface area contributed by atoms with Gasteiger partial charge in [-0.3, -0.25) is 0 Å². The Morgan fingerprint density at radius 3 is 1.59 bits per heavy atom. The minimum absolute atomic E-state index is 0.0307. The molecule has 0 aliphatic carbocycles. The Bertz CT molecular complexity index is 2990. The van der Waals surface area contributed by atoms with Crippen molar-refractivity contribution in [1.82, 2.24) is 15.0 Å². The molecule has 2 aromatic heterocycles. The maximum atomic E-state index is 14.1. The van der Waals surface area contributed by atoms with Gasteiger partial charge in [0.05, 0.1) is 69.5 Å². The molecule has 268 valence electrons. The van der Waals surface area contributed by atoms with E-state index in [2.05, 4.69) is 15.8 Å². The number of aromatic nitrogens is 3. The van der Waals surface area contributed by atoms with Gasteiger partial charge in [-0.15, -0.1) is 0 Å². The van der Waals surface area contributed by atoms with Crippen molar-refractivity contribution in [3.63, 3.8) is 0 Å². The third kappa shape index (κ3) is 6.17. The van der Waals surface area contributed by atoms with Crippen LogP contribution in [0, 0.1) is 24.5 Å². The highest BCUT2D eigenvalue weighted by atomic mass is 19.4. The molecule has 0 aliphatic rings. The van der Waals surface area contributed by atoms with Crippen LogP contribution in [0.2, 0.25) is 0 Å². The number of benzene rings is 6. The van der Waals surface area contributed by atoms with Crippen molar-refractivity contribution < 1.29 is 26.3 Å². The van der Waals surface area contributed by atoms with Crippen molar-refractivity contribution in [2.75, 3.05) is 0 Å². The molecule has 0 amide bonds. The highest BCUT2D eigenvalue weighted by Gasteiger charge is 2.37. The van der Waals surface area contributed by atoms with Crippen LogP contribution in [0.4, 0.5) is 37.7 Å². The van der Waals surface area contributed by atoms with E-state index in [1.807, 2.05) is 0 Å². The zero-order valence-electron chi connectivity index (χ0n) is 28.5. The van der Waals surface area contributed by atoms with E-state index in [1.165, 1.54) is 12.1 Å². The molecule has 6 aromatic carbocycles. The Morgan fingerprint density at radius 1 is 0.518 bits per heavy atom. The van der Waals surface area contributed by atoms with Crippen LogP contribution < -0.4 is 0 Å². The van der Waals surface area contributed by atoms with E-state index in [1.54, 1.807) is 91.0 Å². The number of hydrogen-bond donors (Lipinski definition) is 0. The number of rotatable bonds is 4. The lowest BCUT2D eigenvalue weighted by Crippen LogP contribution is -2.11. The lowest BCUT2D eigenvalue weighted by Gasteiger charge is -2.19. The quantitative estimate of drug-likeness (QED) is 0.102. The number of nitriles is 1. The highest BCUT2D eigenvalue weighted by molar-refractivity contribution is 6.22. The van der Waals surface area contributed by atoms with Gasteiger partial charge in [0.25, 0.3) is 0 Å². The molecule has 0 radical (unpaired) electrons. The van der Waals surface area contributed by atoms with Crippen molar-refractivity contribution in [3.05, 3.63) is 161 Å². The first-order chi connectivity index (χ1) is 26.9. The zero-order valence-corrected chi connectivity index (χ0v) is 28.5. The molecule has 0 unspecified atom stereocenters. The SMILES string of the molecule is [C-]#[N+]c1ccc(-c2nc3cc(C#N)c4c5ccccc5nc(-c5ccccc5-c5cc(C(F)(F)F)cc(C(F)(F)F)c5)c4c3nc2-c2ccc([N+]#[C-])cc2)cc1. The lowest BCUT2D eigenvalue weighted by molar-refractivity contribution is -0.143. The summed E-state index contributed by atoms with van der Waals surface area (Å²) < 4.78 is 84.5. The van der Waals surface area contributed by atoms with Crippen LogP contribution in [0.25, 0.3) is 87.3 Å². The lowest BCUT2D eigenvalue weighted by atomic mass is 9.90. The number of nitrogens with zero attached hydrogens (tertiary/aromatic N) is 6. The fraction of sp³-hybridized carbons (Fsp3) is 0.0455. The number of alkyl halides is 6. The number of pyridine rings is 1. The normalized spacial score (nSPS) is 11.7. The summed E-state index contributed by atoms with van der Waals surface area (Å²) >= 11 is 0. The third-order valence-electron chi connectivity index (χ3n) is 9.34. The van der Waals surface area contributed by atoms with Gasteiger partial charge in [0.1, 0.15) is 0 Å². The monoisotopic (exact) mass is 746 g/mol. The van der Waals surface area contributed by atoms with Crippen molar-refractivity contribution in [2.24, 2.45) is 0 Å². The number of fused-ring (bicyclic) bond motifs is 5. The van der Waals surface area contributed by atoms with Crippen LogP contribution >= 0.6 is 0 Å². The first-order valence-corrected chi connectivity index (χ1v) is 16.7. The van der Waals surface area contributed by atoms with E-state index in [0.717, 1.165) is 0 Å². The van der Waals surface area contributed by atoms with Gasteiger partial charge in [-0.2, -0.15) is 31.6 Å². The van der Waals surface area contributed by atoms with E-state index in [0.29, 0.717) is 67.7 Å². The maximum Gasteiger partial charge on any atom is 0.416 e. The Kier molecular flexibility index (Phi) is 8.44. The van der Waals surface area contributed by atoms with Gasteiger partial charge < -0.3 is 0 Å². The molecular formula is C44H20F6N6. The highest BCUT2D eigenvalue weighted by Crippen LogP contribution is 2.45. The van der Waals surface area contributed by atoms with Gasteiger partial charge in [-0.1, -0.05) is 91.0 Å². The molecule has 0 saturated heterocycles. The molecule has 56 heavy (non-hydrogen) atoms. The smallest absolute Gasteiger partial charge is 0.247 e. The molecule has 6 nitrogen and oxygen atoms in total. The van der Waals surface area contributed by atoms with Crippen LogP contribution in [-0.4, -0.2) is 15.0 Å². The fourth-order valence-electron chi connectivity index (χ4n) is 6.79. The first-order valence-electron chi connectivity index (χ1n) is 16.7. The Hall–Kier alpha value is -7.62. The minimum atomic E-state index is -5.08. The van der Waals surface area contributed by atoms with Gasteiger partial charge in [-0.05, 0) is 52.6 Å². The predicted octanol–water partition coefficient (Wildman–Crippen LogP) is 13.0. The van der Waals surface area contributed by atoms with Gasteiger partial charge >= 0.3 is 12.4 Å². The summed E-state index contributed by atoms with van der Waals surface area (Å²) in [7, 11) is 0. The van der Waals surface area contributed by atoms with E-state index in [-0.39, 0.29) is 45.0 Å². The van der Waals surface area contributed by atoms with Gasteiger partial charge in [0, 0.05) is 21.7 Å². The summed E-state index contributed by atoms with van der Waals surface area (Å²) in [6.45, 7) is 14.8. The second kappa shape index (κ2) is 13.3. The van der Waals surface area contributed by atoms with E-state index in [4.69, 9.17) is 28.1 Å². The molecule has 0 fully saturated rings. The topological polar surface area (TPSA) is 71.2 Å². The number of hydrogen-bond acceptors (Lipinski definition) is 4. The number of para-hydroxylation sites is 1. The second-order valence-electron chi connectivity index (χ2n) is 12.7. The van der Waals surface area contributed by atoms with Gasteiger partial charge in [-0.25, -0.2) is 24.6 Å². The minimum Gasteiger partial charge on any atom is -0.247 e. The Balaban J connectivity index is 1.53. The largest absolute Gasteiger partial charge is 0.416 e. The standard InChI is InChI=1S/C44H20F6N6/c1-52-30-15-11-24(12-16-30)39-40(25-13-17-31(53-2)18-14-25)56-42-36(55-39)21-27(23-51)37-34-9-5-6-10-35(34)54-41(38(37)42)33-8-4-3-7-32(33)26-19-28(43(45,46)47)22-29(20-26)44(48,49)50/h3-22H. The van der Waals surface area contributed by atoms with Crippen LogP contribution in [0.3, 0.4) is 0 Å². The average Bonchev–Trinajstić information content (AvgIpc) is 3.21. The molecule has 0 spiro atoms. The molecule has 12 heteroatoms. The zero-order chi connectivity index (χ0) is 39.4. The second-order valence-corrected chi connectivity index (χ2v) is 12.7. The Labute approximate surface area is 314 Å². The molecule has 0 aliphatic heterocycles. The van der Waals surface area contributed by atoms with E-state index >= 15 is 0 Å². The fourth-order valence-corrected chi connectivity index (χ4v) is 6.79. The summed E-state index contributed by atoms with van der Waals surface area (Å²) in [6.07, 6.45) is -10.2. The van der Waals surface area contributed by atoms with Gasteiger partial charge in [0.15, 0.2) is 11.4 Å². The summed E-state index contributed by atoms with van der Waals surface area (Å²) in [4.78, 5) is 22.1. The molecular weight excluding hydrogens is 727 g/mol. The van der Waals surface area contributed by atoms with Crippen molar-refractivity contribution in [1.29, 1.82) is 5.26 Å².